The lowest BCUT2D eigenvalue weighted by atomic mass is 10.1. The number of halogens is 1. The minimum Gasteiger partial charge on any atom is -0.451 e. The third kappa shape index (κ3) is 5.07. The Bertz CT molecular complexity index is 788. The first kappa shape index (κ1) is 18.0. The van der Waals surface area contributed by atoms with Crippen molar-refractivity contribution in [2.75, 3.05) is 11.9 Å². The molecule has 2 N–H and O–H groups in total. The van der Waals surface area contributed by atoms with Gasteiger partial charge in [-0.05, 0) is 37.6 Å². The van der Waals surface area contributed by atoms with E-state index in [1.54, 1.807) is 12.1 Å². The third-order valence-corrected chi connectivity index (χ3v) is 4.20. The highest BCUT2D eigenvalue weighted by Crippen LogP contribution is 2.21. The first-order valence-electron chi connectivity index (χ1n) is 6.95. The molecule has 0 spiro atoms. The van der Waals surface area contributed by atoms with E-state index in [0.717, 1.165) is 22.5 Å². The van der Waals surface area contributed by atoms with Crippen LogP contribution in [0.4, 0.5) is 10.5 Å². The first-order valence-corrected chi connectivity index (χ1v) is 8.15. The number of carbonyl (C=O) groups excluding carboxylic acids is 3. The maximum Gasteiger partial charge on any atom is 0.348 e. The van der Waals surface area contributed by atoms with Gasteiger partial charge >= 0.3 is 12.0 Å². The van der Waals surface area contributed by atoms with Crippen molar-refractivity contribution in [2.45, 2.75) is 13.8 Å². The van der Waals surface area contributed by atoms with Crippen LogP contribution < -0.4 is 10.6 Å². The molecule has 8 heteroatoms. The van der Waals surface area contributed by atoms with Crippen molar-refractivity contribution in [3.63, 3.8) is 0 Å². The van der Waals surface area contributed by atoms with Gasteiger partial charge in [-0.2, -0.15) is 0 Å². The number of rotatable bonds is 4. The predicted molar refractivity (Wildman–Crippen MR) is 92.7 cm³/mol. The number of ether oxygens (including phenoxy) is 1. The fourth-order valence-electron chi connectivity index (χ4n) is 1.90. The van der Waals surface area contributed by atoms with Crippen LogP contribution in [-0.2, 0) is 9.53 Å². The van der Waals surface area contributed by atoms with Gasteiger partial charge in [0.2, 0.25) is 0 Å². The topological polar surface area (TPSA) is 84.5 Å². The number of urea groups is 1. The molecule has 0 atom stereocenters. The number of thiophene rings is 1. The van der Waals surface area contributed by atoms with E-state index < -0.39 is 24.5 Å². The van der Waals surface area contributed by atoms with Crippen LogP contribution in [-0.4, -0.2) is 24.5 Å². The van der Waals surface area contributed by atoms with E-state index in [9.17, 15) is 14.4 Å². The van der Waals surface area contributed by atoms with Gasteiger partial charge in [-0.15, -0.1) is 11.3 Å². The summed E-state index contributed by atoms with van der Waals surface area (Å²) >= 11 is 6.76. The summed E-state index contributed by atoms with van der Waals surface area (Å²) in [5.74, 6) is -1.40. The fourth-order valence-corrected chi connectivity index (χ4v) is 2.83. The zero-order valence-electron chi connectivity index (χ0n) is 13.0. The minimum atomic E-state index is -0.728. The van der Waals surface area contributed by atoms with E-state index in [1.807, 2.05) is 26.0 Å². The first-order chi connectivity index (χ1) is 11.3. The molecule has 0 aliphatic heterocycles. The second-order valence-electron chi connectivity index (χ2n) is 5.00. The lowest BCUT2D eigenvalue weighted by Crippen LogP contribution is -2.37. The molecule has 2 rings (SSSR count). The number of esters is 1. The van der Waals surface area contributed by atoms with Crippen molar-refractivity contribution in [1.82, 2.24) is 5.32 Å². The highest BCUT2D eigenvalue weighted by molar-refractivity contribution is 7.17. The van der Waals surface area contributed by atoms with Crippen LogP contribution in [0.15, 0.2) is 30.3 Å². The molecule has 1 aromatic carbocycles. The zero-order chi connectivity index (χ0) is 17.7. The monoisotopic (exact) mass is 366 g/mol. The van der Waals surface area contributed by atoms with Crippen molar-refractivity contribution in [1.29, 1.82) is 0 Å². The Hall–Kier alpha value is -2.38. The predicted octanol–water partition coefficient (Wildman–Crippen LogP) is 3.52. The molecule has 6 nitrogen and oxygen atoms in total. The second kappa shape index (κ2) is 7.94. The molecule has 1 aromatic heterocycles. The number of amides is 3. The van der Waals surface area contributed by atoms with Crippen LogP contribution >= 0.6 is 22.9 Å². The van der Waals surface area contributed by atoms with E-state index in [4.69, 9.17) is 16.3 Å². The molecule has 0 aliphatic rings. The van der Waals surface area contributed by atoms with Crippen LogP contribution in [0.2, 0.25) is 4.34 Å². The van der Waals surface area contributed by atoms with Crippen molar-refractivity contribution in [2.24, 2.45) is 0 Å². The summed E-state index contributed by atoms with van der Waals surface area (Å²) in [4.78, 5) is 35.4. The molecule has 126 valence electrons. The van der Waals surface area contributed by atoms with E-state index in [2.05, 4.69) is 10.6 Å². The summed E-state index contributed by atoms with van der Waals surface area (Å²) in [6, 6.07) is 7.86. The quantitative estimate of drug-likeness (QED) is 0.811. The molecule has 0 saturated heterocycles. The number of imide groups is 1. The Kier molecular flexibility index (Phi) is 5.94. The average Bonchev–Trinajstić information content (AvgIpc) is 2.94. The number of hydrogen-bond donors (Lipinski definition) is 2. The van der Waals surface area contributed by atoms with Gasteiger partial charge in [-0.25, -0.2) is 9.59 Å². The van der Waals surface area contributed by atoms with Crippen LogP contribution in [0, 0.1) is 13.8 Å². The smallest absolute Gasteiger partial charge is 0.348 e. The Balaban J connectivity index is 1.81. The molecule has 0 saturated carbocycles. The number of aryl methyl sites for hydroxylation is 2. The SMILES string of the molecule is Cc1ccc(NC(=O)NC(=O)COC(=O)c2ccc(Cl)s2)c(C)c1. The summed E-state index contributed by atoms with van der Waals surface area (Å²) in [5, 5.41) is 4.66. The highest BCUT2D eigenvalue weighted by atomic mass is 35.5. The third-order valence-electron chi connectivity index (χ3n) is 2.99. The highest BCUT2D eigenvalue weighted by Gasteiger charge is 2.14. The number of hydrogen-bond acceptors (Lipinski definition) is 5. The standard InChI is InChI=1S/C16H15ClN2O4S/c1-9-3-4-11(10(2)7-9)18-16(22)19-14(20)8-23-15(21)12-5-6-13(17)24-12/h3-7H,8H2,1-2H3,(H2,18,19,20,22). The number of carbonyl (C=O) groups is 3. The zero-order valence-corrected chi connectivity index (χ0v) is 14.6. The largest absolute Gasteiger partial charge is 0.451 e. The summed E-state index contributed by atoms with van der Waals surface area (Å²) in [6.07, 6.45) is 0. The summed E-state index contributed by atoms with van der Waals surface area (Å²) in [5.41, 5.74) is 2.53. The van der Waals surface area contributed by atoms with E-state index in [-0.39, 0.29) is 4.88 Å². The van der Waals surface area contributed by atoms with Gasteiger partial charge in [0.1, 0.15) is 4.88 Å². The Morgan fingerprint density at radius 2 is 1.92 bits per heavy atom. The van der Waals surface area contributed by atoms with E-state index in [0.29, 0.717) is 10.0 Å². The fraction of sp³-hybridized carbons (Fsp3) is 0.188. The van der Waals surface area contributed by atoms with Gasteiger partial charge in [-0.1, -0.05) is 29.3 Å². The Morgan fingerprint density at radius 3 is 2.54 bits per heavy atom. The molecule has 2 aromatic rings. The van der Waals surface area contributed by atoms with Gasteiger partial charge in [0.25, 0.3) is 5.91 Å². The van der Waals surface area contributed by atoms with Gasteiger partial charge in [0.05, 0.1) is 4.34 Å². The molecule has 0 bridgehead atoms. The minimum absolute atomic E-state index is 0.285. The lowest BCUT2D eigenvalue weighted by molar-refractivity contribution is -0.123. The maximum atomic E-state index is 11.8. The van der Waals surface area contributed by atoms with Gasteiger partial charge in [0.15, 0.2) is 6.61 Å². The Labute approximate surface area is 147 Å². The lowest BCUT2D eigenvalue weighted by Gasteiger charge is -2.10. The van der Waals surface area contributed by atoms with Crippen LogP contribution in [0.1, 0.15) is 20.8 Å². The van der Waals surface area contributed by atoms with Gasteiger partial charge in [-0.3, -0.25) is 10.1 Å². The molecule has 0 fully saturated rings. The molecular weight excluding hydrogens is 352 g/mol. The van der Waals surface area contributed by atoms with E-state index >= 15 is 0 Å². The van der Waals surface area contributed by atoms with Crippen molar-refractivity contribution in [3.05, 3.63) is 50.7 Å². The molecule has 0 radical (unpaired) electrons. The second-order valence-corrected chi connectivity index (χ2v) is 6.72. The summed E-state index contributed by atoms with van der Waals surface area (Å²) in [6.45, 7) is 3.22. The van der Waals surface area contributed by atoms with E-state index in [1.165, 1.54) is 6.07 Å². The molecular formula is C16H15ClN2O4S. The van der Waals surface area contributed by atoms with Crippen LogP contribution in [0.3, 0.4) is 0 Å². The number of benzene rings is 1. The summed E-state index contributed by atoms with van der Waals surface area (Å²) in [7, 11) is 0. The van der Waals surface area contributed by atoms with Crippen LogP contribution in [0.25, 0.3) is 0 Å². The van der Waals surface area contributed by atoms with Gasteiger partial charge in [0, 0.05) is 5.69 Å². The van der Waals surface area contributed by atoms with Crippen molar-refractivity contribution >= 4 is 46.5 Å². The maximum absolute atomic E-state index is 11.8. The average molecular weight is 367 g/mol. The number of nitrogens with one attached hydrogen (secondary N) is 2. The number of anilines is 1. The Morgan fingerprint density at radius 1 is 1.17 bits per heavy atom. The van der Waals surface area contributed by atoms with Crippen molar-refractivity contribution < 1.29 is 19.1 Å². The summed E-state index contributed by atoms with van der Waals surface area (Å²) < 4.78 is 5.26. The molecule has 3 amide bonds. The molecule has 0 aliphatic carbocycles. The normalized spacial score (nSPS) is 10.1. The van der Waals surface area contributed by atoms with Gasteiger partial charge < -0.3 is 10.1 Å². The molecule has 24 heavy (non-hydrogen) atoms. The molecule has 0 unspecified atom stereocenters. The molecule has 1 heterocycles. The van der Waals surface area contributed by atoms with Crippen LogP contribution in [0.5, 0.6) is 0 Å². The van der Waals surface area contributed by atoms with Crippen molar-refractivity contribution in [3.8, 4) is 0 Å².